The average molecular weight is 349 g/mol. The summed E-state index contributed by atoms with van der Waals surface area (Å²) in [5.41, 5.74) is 0.156. The van der Waals surface area contributed by atoms with Gasteiger partial charge in [0.05, 0.1) is 17.9 Å². The minimum absolute atomic E-state index is 0.167. The van der Waals surface area contributed by atoms with Crippen molar-refractivity contribution >= 4 is 22.3 Å². The van der Waals surface area contributed by atoms with Gasteiger partial charge in [0.25, 0.3) is 5.56 Å². The first-order valence-electron chi connectivity index (χ1n) is 6.87. The van der Waals surface area contributed by atoms with Gasteiger partial charge in [0.15, 0.2) is 0 Å². The molecule has 0 unspecified atom stereocenters. The summed E-state index contributed by atoms with van der Waals surface area (Å²) in [5.74, 6) is -1.06. The molecule has 3 rings (SSSR count). The van der Waals surface area contributed by atoms with Crippen molar-refractivity contribution in [3.8, 4) is 0 Å². The molecule has 0 atom stereocenters. The van der Waals surface area contributed by atoms with Gasteiger partial charge in [-0.15, -0.1) is 0 Å². The molecule has 0 bridgehead atoms. The van der Waals surface area contributed by atoms with Gasteiger partial charge in [-0.25, -0.2) is 14.2 Å². The number of esters is 1. The van der Waals surface area contributed by atoms with Gasteiger partial charge in [-0.2, -0.15) is 9.61 Å². The van der Waals surface area contributed by atoms with E-state index in [1.54, 1.807) is 0 Å². The van der Waals surface area contributed by atoms with Gasteiger partial charge in [0.1, 0.15) is 17.4 Å². The highest BCUT2D eigenvalue weighted by atomic mass is 32.1. The maximum absolute atomic E-state index is 12.8. The molecule has 124 valence electrons. The van der Waals surface area contributed by atoms with Gasteiger partial charge in [0, 0.05) is 13.2 Å². The van der Waals surface area contributed by atoms with E-state index in [2.05, 4.69) is 10.1 Å². The molecule has 7 nitrogen and oxygen atoms in total. The van der Waals surface area contributed by atoms with Crippen LogP contribution in [0.4, 0.5) is 4.39 Å². The van der Waals surface area contributed by atoms with E-state index < -0.39 is 11.8 Å². The molecule has 0 spiro atoms. The largest absolute Gasteiger partial charge is 0.456 e. The van der Waals surface area contributed by atoms with E-state index in [4.69, 9.17) is 9.47 Å². The molecule has 0 aliphatic carbocycles. The molecule has 24 heavy (non-hydrogen) atoms. The third kappa shape index (κ3) is 3.47. The van der Waals surface area contributed by atoms with Gasteiger partial charge in [0.2, 0.25) is 4.96 Å². The number of halogens is 1. The predicted octanol–water partition coefficient (Wildman–Crippen LogP) is 1.79. The van der Waals surface area contributed by atoms with Crippen molar-refractivity contribution in [2.24, 2.45) is 0 Å². The van der Waals surface area contributed by atoms with Crippen LogP contribution in [0.1, 0.15) is 21.1 Å². The number of methoxy groups -OCH3 is 1. The van der Waals surface area contributed by atoms with Crippen LogP contribution in [0.5, 0.6) is 0 Å². The van der Waals surface area contributed by atoms with Gasteiger partial charge < -0.3 is 9.47 Å². The molecule has 9 heteroatoms. The summed E-state index contributed by atoms with van der Waals surface area (Å²) in [6, 6.07) is 6.23. The third-order valence-corrected chi connectivity index (χ3v) is 3.92. The minimum atomic E-state index is -0.624. The van der Waals surface area contributed by atoms with Crippen LogP contribution in [0.3, 0.4) is 0 Å². The van der Waals surface area contributed by atoms with Crippen molar-refractivity contribution in [3.63, 3.8) is 0 Å². The molecule has 0 aliphatic heterocycles. The fourth-order valence-electron chi connectivity index (χ4n) is 1.96. The standard InChI is InChI=1S/C15H12FN3O4S/c1-22-8-12-18-19-13(20)6-11(17-15(19)24-12)7-23-14(21)9-2-4-10(16)5-3-9/h2-6H,7-8H2,1H3. The van der Waals surface area contributed by atoms with Crippen LogP contribution in [0.15, 0.2) is 35.1 Å². The molecule has 2 heterocycles. The second-order valence-electron chi connectivity index (χ2n) is 4.79. The molecule has 0 N–H and O–H groups in total. The first-order chi connectivity index (χ1) is 11.6. The highest BCUT2D eigenvalue weighted by Crippen LogP contribution is 2.13. The number of carbonyl (C=O) groups is 1. The van der Waals surface area contributed by atoms with E-state index in [1.807, 2.05) is 0 Å². The van der Waals surface area contributed by atoms with Gasteiger partial charge >= 0.3 is 5.97 Å². The molecule has 0 amide bonds. The van der Waals surface area contributed by atoms with Gasteiger partial charge in [-0.3, -0.25) is 4.79 Å². The summed E-state index contributed by atoms with van der Waals surface area (Å²) in [6.45, 7) is 0.113. The molecule has 0 fully saturated rings. The second kappa shape index (κ2) is 6.85. The molecule has 1 aromatic carbocycles. The number of aromatic nitrogens is 3. The normalized spacial score (nSPS) is 10.9. The van der Waals surface area contributed by atoms with Crippen LogP contribution in [0, 0.1) is 5.82 Å². The number of fused-ring (bicyclic) bond motifs is 1. The summed E-state index contributed by atoms with van der Waals surface area (Å²) in [4.78, 5) is 28.5. The Morgan fingerprint density at radius 3 is 2.75 bits per heavy atom. The molecule has 0 radical (unpaired) electrons. The number of rotatable bonds is 5. The highest BCUT2D eigenvalue weighted by Gasteiger charge is 2.12. The maximum atomic E-state index is 12.8. The predicted molar refractivity (Wildman–Crippen MR) is 83.4 cm³/mol. The minimum Gasteiger partial charge on any atom is -0.456 e. The van der Waals surface area contributed by atoms with Crippen molar-refractivity contribution in [2.45, 2.75) is 13.2 Å². The Balaban J connectivity index is 1.76. The Morgan fingerprint density at radius 1 is 1.29 bits per heavy atom. The lowest BCUT2D eigenvalue weighted by atomic mass is 10.2. The van der Waals surface area contributed by atoms with Crippen molar-refractivity contribution < 1.29 is 18.7 Å². The number of hydrogen-bond acceptors (Lipinski definition) is 7. The van der Waals surface area contributed by atoms with Crippen molar-refractivity contribution in [1.82, 2.24) is 14.6 Å². The van der Waals surface area contributed by atoms with Crippen LogP contribution < -0.4 is 5.56 Å². The smallest absolute Gasteiger partial charge is 0.338 e. The van der Waals surface area contributed by atoms with Crippen LogP contribution in [-0.2, 0) is 22.7 Å². The van der Waals surface area contributed by atoms with E-state index in [0.29, 0.717) is 15.7 Å². The Labute approximate surface area is 139 Å². The summed E-state index contributed by atoms with van der Waals surface area (Å²) >= 11 is 1.22. The molecule has 0 saturated heterocycles. The van der Waals surface area contributed by atoms with Gasteiger partial charge in [-0.1, -0.05) is 11.3 Å². The fourth-order valence-corrected chi connectivity index (χ4v) is 2.85. The fraction of sp³-hybridized carbons (Fsp3) is 0.200. The number of hydrogen-bond donors (Lipinski definition) is 0. The lowest BCUT2D eigenvalue weighted by Gasteiger charge is -2.04. The van der Waals surface area contributed by atoms with Crippen LogP contribution in [0.25, 0.3) is 4.96 Å². The molecular formula is C15H12FN3O4S. The monoisotopic (exact) mass is 349 g/mol. The number of carbonyl (C=O) groups excluding carboxylic acids is 1. The van der Waals surface area contributed by atoms with E-state index in [1.165, 1.54) is 53.3 Å². The third-order valence-electron chi connectivity index (χ3n) is 3.04. The number of ether oxygens (including phenoxy) is 2. The summed E-state index contributed by atoms with van der Waals surface area (Å²) in [5, 5.41) is 4.70. The van der Waals surface area contributed by atoms with E-state index >= 15 is 0 Å². The Bertz CT molecular complexity index is 936. The van der Waals surface area contributed by atoms with Gasteiger partial charge in [-0.05, 0) is 24.3 Å². The molecular weight excluding hydrogens is 337 g/mol. The zero-order valence-electron chi connectivity index (χ0n) is 12.6. The lowest BCUT2D eigenvalue weighted by Crippen LogP contribution is -2.16. The number of nitrogens with zero attached hydrogens (tertiary/aromatic N) is 3. The first-order valence-corrected chi connectivity index (χ1v) is 7.69. The topological polar surface area (TPSA) is 82.8 Å². The highest BCUT2D eigenvalue weighted by molar-refractivity contribution is 7.16. The summed E-state index contributed by atoms with van der Waals surface area (Å²) < 4.78 is 24.1. The first kappa shape index (κ1) is 16.2. The number of benzene rings is 1. The van der Waals surface area contributed by atoms with Crippen molar-refractivity contribution in [1.29, 1.82) is 0 Å². The quantitative estimate of drug-likeness (QED) is 0.653. The molecule has 3 aromatic rings. The molecule has 0 aliphatic rings. The van der Waals surface area contributed by atoms with Crippen LogP contribution in [0.2, 0.25) is 0 Å². The SMILES string of the molecule is COCc1nn2c(=O)cc(COC(=O)c3ccc(F)cc3)nc2s1. The second-order valence-corrected chi connectivity index (χ2v) is 5.83. The summed E-state index contributed by atoms with van der Waals surface area (Å²) in [6.07, 6.45) is 0. The van der Waals surface area contributed by atoms with Crippen LogP contribution in [-0.4, -0.2) is 27.7 Å². The van der Waals surface area contributed by atoms with Crippen molar-refractivity contribution in [2.75, 3.05) is 7.11 Å². The van der Waals surface area contributed by atoms with E-state index in [-0.39, 0.29) is 24.3 Å². The van der Waals surface area contributed by atoms with Crippen LogP contribution >= 0.6 is 11.3 Å². The van der Waals surface area contributed by atoms with Crippen molar-refractivity contribution in [3.05, 3.63) is 62.8 Å². The average Bonchev–Trinajstić information content (AvgIpc) is 2.97. The molecule has 0 saturated carbocycles. The maximum Gasteiger partial charge on any atom is 0.338 e. The Kier molecular flexibility index (Phi) is 4.63. The summed E-state index contributed by atoms with van der Waals surface area (Å²) in [7, 11) is 1.53. The lowest BCUT2D eigenvalue weighted by molar-refractivity contribution is 0.0467. The molecule has 2 aromatic heterocycles. The zero-order chi connectivity index (χ0) is 17.1. The zero-order valence-corrected chi connectivity index (χ0v) is 13.4. The Morgan fingerprint density at radius 2 is 2.04 bits per heavy atom. The Hall–Kier alpha value is -2.65. The van der Waals surface area contributed by atoms with E-state index in [0.717, 1.165) is 0 Å². The van der Waals surface area contributed by atoms with E-state index in [9.17, 15) is 14.0 Å².